The monoisotopic (exact) mass is 399 g/mol. The molecule has 0 unspecified atom stereocenters. The zero-order chi connectivity index (χ0) is 18.8. The van der Waals surface area contributed by atoms with Crippen molar-refractivity contribution >= 4 is 23.2 Å². The Bertz CT molecular complexity index is 791. The zero-order valence-electron chi connectivity index (χ0n) is 16.4. The highest BCUT2D eigenvalue weighted by atomic mass is 32.1. The molecule has 0 radical (unpaired) electrons. The summed E-state index contributed by atoms with van der Waals surface area (Å²) in [6, 6.07) is 2.27. The fraction of sp³-hybridized carbons (Fsp3) is 0.650. The van der Waals surface area contributed by atoms with Crippen LogP contribution in [0.5, 0.6) is 0 Å². The van der Waals surface area contributed by atoms with Gasteiger partial charge in [-0.05, 0) is 54.7 Å². The van der Waals surface area contributed by atoms with Gasteiger partial charge in [0.2, 0.25) is 11.9 Å². The fourth-order valence-corrected chi connectivity index (χ4v) is 5.64. The van der Waals surface area contributed by atoms with Crippen LogP contribution in [0.4, 0.5) is 11.9 Å². The Morgan fingerprint density at radius 3 is 2.96 bits per heavy atom. The first-order chi connectivity index (χ1) is 13.8. The van der Waals surface area contributed by atoms with E-state index in [0.29, 0.717) is 11.4 Å². The molecule has 0 aliphatic carbocycles. The second kappa shape index (κ2) is 7.93. The van der Waals surface area contributed by atoms with Crippen LogP contribution in [0.25, 0.3) is 0 Å². The number of aromatic nitrogens is 3. The first-order valence-electron chi connectivity index (χ1n) is 10.5. The van der Waals surface area contributed by atoms with E-state index in [1.54, 1.807) is 11.2 Å². The van der Waals surface area contributed by atoms with Crippen LogP contribution in [0, 0.1) is 5.41 Å². The van der Waals surface area contributed by atoms with Gasteiger partial charge in [0, 0.05) is 50.7 Å². The first-order valence-corrected chi connectivity index (χ1v) is 11.3. The van der Waals surface area contributed by atoms with Gasteiger partial charge in [-0.1, -0.05) is 0 Å². The van der Waals surface area contributed by atoms with E-state index >= 15 is 0 Å². The molecule has 2 N–H and O–H groups in total. The maximum absolute atomic E-state index is 4.68. The van der Waals surface area contributed by atoms with Crippen LogP contribution in [-0.2, 0) is 13.0 Å². The number of anilines is 2. The standard InChI is InChI=1S/C20H29N7S/c1-8-26(13-16-2-12-28-17(1)16)11-7-22-18-23-15-24-19(25-18)27-9-4-20(5-10-27)3-6-21-14-20/h2,12,15,21H,1,3-11,13-14H2,(H,22,23,24,25). The lowest BCUT2D eigenvalue weighted by atomic mass is 9.78. The van der Waals surface area contributed by atoms with Crippen molar-refractivity contribution in [3.63, 3.8) is 0 Å². The molecule has 2 fully saturated rings. The molecule has 28 heavy (non-hydrogen) atoms. The summed E-state index contributed by atoms with van der Waals surface area (Å²) < 4.78 is 0. The lowest BCUT2D eigenvalue weighted by molar-refractivity contribution is 0.246. The van der Waals surface area contributed by atoms with E-state index in [9.17, 15) is 0 Å². The molecule has 5 heterocycles. The molecule has 150 valence electrons. The minimum atomic E-state index is 0.515. The molecule has 2 aromatic heterocycles. The van der Waals surface area contributed by atoms with E-state index in [0.717, 1.165) is 45.2 Å². The van der Waals surface area contributed by atoms with Gasteiger partial charge in [0.15, 0.2) is 0 Å². The molecule has 7 nitrogen and oxygen atoms in total. The third-order valence-corrected chi connectivity index (χ3v) is 7.62. The maximum Gasteiger partial charge on any atom is 0.230 e. The van der Waals surface area contributed by atoms with Gasteiger partial charge in [-0.25, -0.2) is 9.97 Å². The molecule has 8 heteroatoms. The number of hydrogen-bond acceptors (Lipinski definition) is 8. The number of fused-ring (bicyclic) bond motifs is 1. The number of nitrogens with one attached hydrogen (secondary N) is 2. The SMILES string of the molecule is c1nc(NCCN2CCc3sccc3C2)nc(N2CCC3(CCNC3)CC2)n1. The highest BCUT2D eigenvalue weighted by molar-refractivity contribution is 7.10. The summed E-state index contributed by atoms with van der Waals surface area (Å²) in [5.41, 5.74) is 2.01. The van der Waals surface area contributed by atoms with Crippen molar-refractivity contribution in [3.8, 4) is 0 Å². The Balaban J connectivity index is 1.12. The lowest BCUT2D eigenvalue weighted by Crippen LogP contribution is -2.42. The zero-order valence-corrected chi connectivity index (χ0v) is 17.2. The molecule has 0 bridgehead atoms. The van der Waals surface area contributed by atoms with Crippen LogP contribution in [0.2, 0.25) is 0 Å². The number of rotatable bonds is 5. The van der Waals surface area contributed by atoms with Crippen molar-refractivity contribution in [1.29, 1.82) is 0 Å². The van der Waals surface area contributed by atoms with Gasteiger partial charge in [0.1, 0.15) is 6.33 Å². The Hall–Kier alpha value is -1.77. The quantitative estimate of drug-likeness (QED) is 0.797. The third kappa shape index (κ3) is 3.86. The van der Waals surface area contributed by atoms with Gasteiger partial charge in [-0.2, -0.15) is 4.98 Å². The number of thiophene rings is 1. The summed E-state index contributed by atoms with van der Waals surface area (Å²) in [5, 5.41) is 9.14. The van der Waals surface area contributed by atoms with Gasteiger partial charge in [-0.15, -0.1) is 11.3 Å². The van der Waals surface area contributed by atoms with E-state index in [-0.39, 0.29) is 0 Å². The van der Waals surface area contributed by atoms with Gasteiger partial charge in [0.05, 0.1) is 0 Å². The molecule has 0 aromatic carbocycles. The second-order valence-electron chi connectivity index (χ2n) is 8.34. The summed E-state index contributed by atoms with van der Waals surface area (Å²) in [6.45, 7) is 8.51. The van der Waals surface area contributed by atoms with E-state index < -0.39 is 0 Å². The Labute approximate surface area is 170 Å². The maximum atomic E-state index is 4.68. The van der Waals surface area contributed by atoms with Gasteiger partial charge in [0.25, 0.3) is 0 Å². The normalized spacial score (nSPS) is 21.8. The molecule has 1 spiro atoms. The van der Waals surface area contributed by atoms with Crippen molar-refractivity contribution in [3.05, 3.63) is 28.2 Å². The lowest BCUT2D eigenvalue weighted by Gasteiger charge is -2.38. The Kier molecular flexibility index (Phi) is 5.17. The topological polar surface area (TPSA) is 69.2 Å². The highest BCUT2D eigenvalue weighted by Gasteiger charge is 2.37. The summed E-state index contributed by atoms with van der Waals surface area (Å²) in [7, 11) is 0. The van der Waals surface area contributed by atoms with Crippen molar-refractivity contribution in [2.24, 2.45) is 5.41 Å². The molecular formula is C20H29N7S. The molecule has 3 aliphatic rings. The Morgan fingerprint density at radius 2 is 2.11 bits per heavy atom. The molecule has 0 atom stereocenters. The molecule has 0 amide bonds. The van der Waals surface area contributed by atoms with Crippen LogP contribution in [0.15, 0.2) is 17.8 Å². The minimum absolute atomic E-state index is 0.515. The molecule has 3 aliphatic heterocycles. The van der Waals surface area contributed by atoms with Crippen molar-refractivity contribution in [2.45, 2.75) is 32.2 Å². The molecule has 0 saturated carbocycles. The van der Waals surface area contributed by atoms with E-state index in [1.807, 2.05) is 11.3 Å². The number of nitrogens with zero attached hydrogens (tertiary/aromatic N) is 5. The third-order valence-electron chi connectivity index (χ3n) is 6.60. The molecular weight excluding hydrogens is 370 g/mol. The van der Waals surface area contributed by atoms with Crippen LogP contribution in [0.1, 0.15) is 29.7 Å². The molecule has 2 saturated heterocycles. The minimum Gasteiger partial charge on any atom is -0.353 e. The van der Waals surface area contributed by atoms with Crippen molar-refractivity contribution < 1.29 is 0 Å². The van der Waals surface area contributed by atoms with E-state index in [2.05, 4.69) is 46.8 Å². The summed E-state index contributed by atoms with van der Waals surface area (Å²) in [4.78, 5) is 19.8. The molecule has 5 rings (SSSR count). The summed E-state index contributed by atoms with van der Waals surface area (Å²) in [5.74, 6) is 1.51. The van der Waals surface area contributed by atoms with E-state index in [4.69, 9.17) is 0 Å². The highest BCUT2D eigenvalue weighted by Crippen LogP contribution is 2.37. The van der Waals surface area contributed by atoms with Crippen LogP contribution >= 0.6 is 11.3 Å². The largest absolute Gasteiger partial charge is 0.353 e. The number of piperidine rings is 1. The van der Waals surface area contributed by atoms with Crippen LogP contribution < -0.4 is 15.5 Å². The van der Waals surface area contributed by atoms with E-state index in [1.165, 1.54) is 44.3 Å². The van der Waals surface area contributed by atoms with Crippen molar-refractivity contribution in [1.82, 2.24) is 25.2 Å². The predicted octanol–water partition coefficient (Wildman–Crippen LogP) is 1.98. The molecule has 2 aromatic rings. The van der Waals surface area contributed by atoms with Gasteiger partial charge < -0.3 is 15.5 Å². The van der Waals surface area contributed by atoms with Crippen LogP contribution in [0.3, 0.4) is 0 Å². The fourth-order valence-electron chi connectivity index (χ4n) is 4.75. The smallest absolute Gasteiger partial charge is 0.230 e. The van der Waals surface area contributed by atoms with Gasteiger partial charge in [-0.3, -0.25) is 4.90 Å². The first kappa shape index (κ1) is 18.3. The second-order valence-corrected chi connectivity index (χ2v) is 9.35. The Morgan fingerprint density at radius 1 is 1.18 bits per heavy atom. The van der Waals surface area contributed by atoms with Crippen molar-refractivity contribution in [2.75, 3.05) is 56.0 Å². The average Bonchev–Trinajstić information content (AvgIpc) is 3.38. The number of hydrogen-bond donors (Lipinski definition) is 2. The summed E-state index contributed by atoms with van der Waals surface area (Å²) in [6.07, 6.45) is 6.59. The van der Waals surface area contributed by atoms with Crippen LogP contribution in [-0.4, -0.2) is 65.7 Å². The predicted molar refractivity (Wildman–Crippen MR) is 113 cm³/mol. The average molecular weight is 400 g/mol. The summed E-state index contributed by atoms with van der Waals surface area (Å²) >= 11 is 1.89. The van der Waals surface area contributed by atoms with Gasteiger partial charge >= 0.3 is 0 Å².